The topological polar surface area (TPSA) is 105 Å². The summed E-state index contributed by atoms with van der Waals surface area (Å²) in [5, 5.41) is 2.73. The van der Waals surface area contributed by atoms with Crippen molar-refractivity contribution in [2.45, 2.75) is 32.7 Å². The van der Waals surface area contributed by atoms with E-state index in [1.54, 1.807) is 25.1 Å². The molecule has 1 aromatic carbocycles. The van der Waals surface area contributed by atoms with Gasteiger partial charge in [-0.2, -0.15) is 0 Å². The van der Waals surface area contributed by atoms with Gasteiger partial charge in [-0.05, 0) is 31.0 Å². The van der Waals surface area contributed by atoms with Crippen LogP contribution in [-0.4, -0.2) is 59.9 Å². The molecule has 0 aromatic heterocycles. The quantitative estimate of drug-likeness (QED) is 0.555. The molecule has 1 N–H and O–H groups in total. The van der Waals surface area contributed by atoms with Crippen LogP contribution in [0.5, 0.6) is 11.5 Å². The predicted octanol–water partition coefficient (Wildman–Crippen LogP) is 1.23. The predicted molar refractivity (Wildman–Crippen MR) is 97.7 cm³/mol. The number of amides is 5. The van der Waals surface area contributed by atoms with Crippen LogP contribution in [0.4, 0.5) is 4.79 Å². The summed E-state index contributed by atoms with van der Waals surface area (Å²) in [4.78, 5) is 50.2. The number of hydrogen-bond donors (Lipinski definition) is 1. The summed E-state index contributed by atoms with van der Waals surface area (Å²) in [5.41, 5.74) is 0.789. The molecule has 2 heterocycles. The van der Waals surface area contributed by atoms with E-state index in [1.165, 1.54) is 0 Å². The zero-order valence-electron chi connectivity index (χ0n) is 15.9. The molecule has 3 rings (SSSR count). The second-order valence-electron chi connectivity index (χ2n) is 6.68. The number of urea groups is 1. The summed E-state index contributed by atoms with van der Waals surface area (Å²) in [5.74, 6) is -1.14. The van der Waals surface area contributed by atoms with Gasteiger partial charge in [-0.3, -0.25) is 19.3 Å². The number of imide groups is 2. The summed E-state index contributed by atoms with van der Waals surface area (Å²) in [6.07, 6.45) is 1.38. The Balaban J connectivity index is 1.61. The third kappa shape index (κ3) is 3.92. The molecule has 2 aliphatic heterocycles. The number of rotatable bonds is 7. The fraction of sp³-hybridized carbons (Fsp3) is 0.474. The summed E-state index contributed by atoms with van der Waals surface area (Å²) >= 11 is 0. The fourth-order valence-electron chi connectivity index (χ4n) is 3.05. The highest BCUT2D eigenvalue weighted by molar-refractivity contribution is 6.45. The Bertz CT molecular complexity index is 809. The highest BCUT2D eigenvalue weighted by Gasteiger charge is 2.44. The molecule has 0 spiro atoms. The van der Waals surface area contributed by atoms with Gasteiger partial charge in [-0.15, -0.1) is 0 Å². The normalized spacial score (nSPS) is 17.1. The average Bonchev–Trinajstić information content (AvgIpc) is 2.89. The molecule has 150 valence electrons. The molecule has 5 amide bonds. The molecule has 1 saturated heterocycles. The van der Waals surface area contributed by atoms with E-state index < -0.39 is 30.3 Å². The largest absolute Gasteiger partial charge is 0.486 e. The molecule has 0 radical (unpaired) electrons. The van der Waals surface area contributed by atoms with Crippen molar-refractivity contribution in [3.8, 4) is 11.5 Å². The van der Waals surface area contributed by atoms with Gasteiger partial charge in [0.25, 0.3) is 0 Å². The van der Waals surface area contributed by atoms with Crippen molar-refractivity contribution in [1.82, 2.24) is 15.1 Å². The number of benzene rings is 1. The molecular weight excluding hydrogens is 366 g/mol. The van der Waals surface area contributed by atoms with Crippen molar-refractivity contribution in [2.75, 3.05) is 26.3 Å². The SMILES string of the molecule is CCCCN1C(=O)C(=O)N(CC(=O)NC(C)c2ccc3c(c2)OCCO3)C1=O. The molecule has 0 saturated carbocycles. The average molecular weight is 389 g/mol. The lowest BCUT2D eigenvalue weighted by Gasteiger charge is -2.21. The first-order chi connectivity index (χ1) is 13.4. The minimum Gasteiger partial charge on any atom is -0.486 e. The van der Waals surface area contributed by atoms with Gasteiger partial charge in [-0.1, -0.05) is 19.4 Å². The van der Waals surface area contributed by atoms with E-state index in [0.29, 0.717) is 36.0 Å². The molecular formula is C19H23N3O6. The van der Waals surface area contributed by atoms with Crippen molar-refractivity contribution in [3.63, 3.8) is 0 Å². The van der Waals surface area contributed by atoms with Crippen LogP contribution < -0.4 is 14.8 Å². The molecule has 9 heteroatoms. The van der Waals surface area contributed by atoms with Crippen LogP contribution in [0.25, 0.3) is 0 Å². The number of carbonyl (C=O) groups is 4. The first-order valence-electron chi connectivity index (χ1n) is 9.28. The number of carbonyl (C=O) groups excluding carboxylic acids is 4. The zero-order valence-corrected chi connectivity index (χ0v) is 15.9. The number of fused-ring (bicyclic) bond motifs is 1. The maximum absolute atomic E-state index is 12.3. The highest BCUT2D eigenvalue weighted by Crippen LogP contribution is 2.32. The fourth-order valence-corrected chi connectivity index (χ4v) is 3.05. The highest BCUT2D eigenvalue weighted by atomic mass is 16.6. The number of unbranched alkanes of at least 4 members (excludes halogenated alkanes) is 1. The molecule has 9 nitrogen and oxygen atoms in total. The van der Waals surface area contributed by atoms with E-state index in [-0.39, 0.29) is 12.6 Å². The van der Waals surface area contributed by atoms with Gasteiger partial charge in [0.05, 0.1) is 6.04 Å². The first-order valence-corrected chi connectivity index (χ1v) is 9.28. The van der Waals surface area contributed by atoms with Crippen molar-refractivity contribution in [3.05, 3.63) is 23.8 Å². The smallest absolute Gasteiger partial charge is 0.334 e. The Hall–Kier alpha value is -3.10. The summed E-state index contributed by atoms with van der Waals surface area (Å²) in [7, 11) is 0. The maximum Gasteiger partial charge on any atom is 0.334 e. The molecule has 1 unspecified atom stereocenters. The third-order valence-electron chi connectivity index (χ3n) is 4.62. The first kappa shape index (κ1) is 19.7. The summed E-state index contributed by atoms with van der Waals surface area (Å²) in [6.45, 7) is 4.31. The number of hydrogen-bond acceptors (Lipinski definition) is 6. The molecule has 1 atom stereocenters. The van der Waals surface area contributed by atoms with Crippen LogP contribution >= 0.6 is 0 Å². The Morgan fingerprint density at radius 2 is 1.79 bits per heavy atom. The van der Waals surface area contributed by atoms with Crippen molar-refractivity contribution >= 4 is 23.8 Å². The number of nitrogens with one attached hydrogen (secondary N) is 1. The summed E-state index contributed by atoms with van der Waals surface area (Å²) in [6, 6.07) is 4.22. The molecule has 0 bridgehead atoms. The van der Waals surface area contributed by atoms with Gasteiger partial charge in [0.2, 0.25) is 5.91 Å². The molecule has 2 aliphatic rings. The Kier molecular flexibility index (Phi) is 5.81. The lowest BCUT2D eigenvalue weighted by molar-refractivity contribution is -0.144. The zero-order chi connectivity index (χ0) is 20.3. The van der Waals surface area contributed by atoms with E-state index in [9.17, 15) is 19.2 Å². The lowest BCUT2D eigenvalue weighted by atomic mass is 10.1. The number of nitrogens with zero attached hydrogens (tertiary/aromatic N) is 2. The van der Waals surface area contributed by atoms with Crippen molar-refractivity contribution in [1.29, 1.82) is 0 Å². The van der Waals surface area contributed by atoms with Crippen LogP contribution in [0.15, 0.2) is 18.2 Å². The van der Waals surface area contributed by atoms with Crippen LogP contribution in [0.1, 0.15) is 38.3 Å². The van der Waals surface area contributed by atoms with Gasteiger partial charge in [0.1, 0.15) is 19.8 Å². The van der Waals surface area contributed by atoms with Gasteiger partial charge >= 0.3 is 17.8 Å². The van der Waals surface area contributed by atoms with Crippen molar-refractivity contribution < 1.29 is 28.7 Å². The Morgan fingerprint density at radius 1 is 1.11 bits per heavy atom. The Morgan fingerprint density at radius 3 is 2.50 bits per heavy atom. The number of ether oxygens (including phenoxy) is 2. The van der Waals surface area contributed by atoms with Crippen LogP contribution in [0.3, 0.4) is 0 Å². The van der Waals surface area contributed by atoms with Crippen LogP contribution in [0, 0.1) is 0 Å². The van der Waals surface area contributed by atoms with Crippen LogP contribution in [-0.2, 0) is 14.4 Å². The molecule has 0 aliphatic carbocycles. The second-order valence-corrected chi connectivity index (χ2v) is 6.68. The van der Waals surface area contributed by atoms with Gasteiger partial charge in [0, 0.05) is 6.54 Å². The minimum absolute atomic E-state index is 0.172. The molecule has 1 fully saturated rings. The Labute approximate surface area is 162 Å². The van der Waals surface area contributed by atoms with E-state index in [2.05, 4.69) is 5.32 Å². The van der Waals surface area contributed by atoms with E-state index in [1.807, 2.05) is 6.92 Å². The maximum atomic E-state index is 12.3. The van der Waals surface area contributed by atoms with E-state index >= 15 is 0 Å². The third-order valence-corrected chi connectivity index (χ3v) is 4.62. The standard InChI is InChI=1S/C19H23N3O6/c1-3-4-7-21-17(24)18(25)22(19(21)26)11-16(23)20-12(2)13-5-6-14-15(10-13)28-9-8-27-14/h5-6,10,12H,3-4,7-9,11H2,1-2H3,(H,20,23). The van der Waals surface area contributed by atoms with Crippen molar-refractivity contribution in [2.24, 2.45) is 0 Å². The van der Waals surface area contributed by atoms with Gasteiger partial charge in [0.15, 0.2) is 11.5 Å². The molecule has 1 aromatic rings. The van der Waals surface area contributed by atoms with Gasteiger partial charge in [-0.25, -0.2) is 9.69 Å². The monoisotopic (exact) mass is 389 g/mol. The second kappa shape index (κ2) is 8.28. The van der Waals surface area contributed by atoms with Crippen LogP contribution in [0.2, 0.25) is 0 Å². The molecule has 28 heavy (non-hydrogen) atoms. The summed E-state index contributed by atoms with van der Waals surface area (Å²) < 4.78 is 11.0. The van der Waals surface area contributed by atoms with E-state index in [0.717, 1.165) is 16.9 Å². The van der Waals surface area contributed by atoms with E-state index in [4.69, 9.17) is 9.47 Å². The van der Waals surface area contributed by atoms with Gasteiger partial charge < -0.3 is 14.8 Å². The lowest BCUT2D eigenvalue weighted by Crippen LogP contribution is -2.42. The minimum atomic E-state index is -0.969.